The summed E-state index contributed by atoms with van der Waals surface area (Å²) >= 11 is 6.80. The number of carbonyl (C=O) groups excluding carboxylic acids is 1. The van der Waals surface area contributed by atoms with Crippen LogP contribution in [-0.2, 0) is 16.0 Å². The SMILES string of the molecule is Cc1ccc(C2=N/C(=C\c3cc(I)c(OCCc4ccccc4)c(I)c3)C(=O)O2)cc1I. The van der Waals surface area contributed by atoms with Crippen molar-refractivity contribution in [3.63, 3.8) is 0 Å². The van der Waals surface area contributed by atoms with Crippen LogP contribution < -0.4 is 4.74 Å². The Morgan fingerprint density at radius 2 is 1.69 bits per heavy atom. The van der Waals surface area contributed by atoms with E-state index in [2.05, 4.69) is 84.9 Å². The fourth-order valence-electron chi connectivity index (χ4n) is 3.13. The monoisotopic (exact) mass is 761 g/mol. The van der Waals surface area contributed by atoms with Gasteiger partial charge >= 0.3 is 5.97 Å². The lowest BCUT2D eigenvalue weighted by atomic mass is 10.1. The number of cyclic esters (lactones) is 1. The normalized spacial score (nSPS) is 14.4. The number of carbonyl (C=O) groups is 1. The van der Waals surface area contributed by atoms with Crippen LogP contribution >= 0.6 is 67.8 Å². The van der Waals surface area contributed by atoms with Gasteiger partial charge < -0.3 is 9.47 Å². The van der Waals surface area contributed by atoms with E-state index in [4.69, 9.17) is 9.47 Å². The van der Waals surface area contributed by atoms with E-state index in [0.717, 1.165) is 34.0 Å². The maximum Gasteiger partial charge on any atom is 0.363 e. The molecule has 1 aliphatic rings. The first-order chi connectivity index (χ1) is 15.4. The van der Waals surface area contributed by atoms with E-state index in [-0.39, 0.29) is 0 Å². The van der Waals surface area contributed by atoms with E-state index in [9.17, 15) is 4.79 Å². The van der Waals surface area contributed by atoms with Gasteiger partial charge in [-0.15, -0.1) is 0 Å². The minimum absolute atomic E-state index is 0.292. The van der Waals surface area contributed by atoms with E-state index in [1.807, 2.05) is 55.5 Å². The van der Waals surface area contributed by atoms with Crippen molar-refractivity contribution < 1.29 is 14.3 Å². The third-order valence-corrected chi connectivity index (χ3v) is 7.61. The molecular weight excluding hydrogens is 743 g/mol. The first-order valence-corrected chi connectivity index (χ1v) is 13.1. The number of aryl methyl sites for hydroxylation is 1. The van der Waals surface area contributed by atoms with Crippen molar-refractivity contribution in [2.24, 2.45) is 4.99 Å². The summed E-state index contributed by atoms with van der Waals surface area (Å²) in [5.41, 5.74) is 4.38. The Morgan fingerprint density at radius 3 is 2.38 bits per heavy atom. The van der Waals surface area contributed by atoms with Crippen molar-refractivity contribution >= 4 is 85.7 Å². The lowest BCUT2D eigenvalue weighted by Gasteiger charge is -2.11. The van der Waals surface area contributed by atoms with Gasteiger partial charge in [-0.25, -0.2) is 9.79 Å². The van der Waals surface area contributed by atoms with E-state index in [0.29, 0.717) is 18.2 Å². The largest absolute Gasteiger partial charge is 0.491 e. The molecule has 0 fully saturated rings. The minimum atomic E-state index is -0.441. The van der Waals surface area contributed by atoms with Crippen LogP contribution in [0.3, 0.4) is 0 Å². The van der Waals surface area contributed by atoms with E-state index < -0.39 is 5.97 Å². The van der Waals surface area contributed by atoms with Crippen molar-refractivity contribution in [2.75, 3.05) is 6.61 Å². The number of hydrogen-bond donors (Lipinski definition) is 0. The number of esters is 1. The smallest absolute Gasteiger partial charge is 0.363 e. The summed E-state index contributed by atoms with van der Waals surface area (Å²) in [6.45, 7) is 2.64. The zero-order valence-electron chi connectivity index (χ0n) is 17.1. The molecule has 1 aliphatic heterocycles. The number of hydrogen-bond acceptors (Lipinski definition) is 4. The molecule has 7 heteroatoms. The second kappa shape index (κ2) is 10.6. The highest BCUT2D eigenvalue weighted by atomic mass is 127. The molecule has 3 aromatic carbocycles. The van der Waals surface area contributed by atoms with Crippen molar-refractivity contribution in [2.45, 2.75) is 13.3 Å². The fraction of sp³-hybridized carbons (Fsp3) is 0.120. The zero-order valence-corrected chi connectivity index (χ0v) is 23.5. The van der Waals surface area contributed by atoms with Crippen molar-refractivity contribution in [1.29, 1.82) is 0 Å². The average molecular weight is 761 g/mol. The summed E-state index contributed by atoms with van der Waals surface area (Å²) in [5.74, 6) is 0.755. The van der Waals surface area contributed by atoms with Gasteiger partial charge in [-0.3, -0.25) is 0 Å². The second-order valence-electron chi connectivity index (χ2n) is 7.20. The summed E-state index contributed by atoms with van der Waals surface area (Å²) in [6.07, 6.45) is 2.60. The molecule has 0 aliphatic carbocycles. The quantitative estimate of drug-likeness (QED) is 0.158. The van der Waals surface area contributed by atoms with Gasteiger partial charge in [0.05, 0.1) is 13.7 Å². The van der Waals surface area contributed by atoms with Crippen LogP contribution in [0.2, 0.25) is 0 Å². The Morgan fingerprint density at radius 1 is 0.969 bits per heavy atom. The van der Waals surface area contributed by atoms with Gasteiger partial charge in [0.2, 0.25) is 5.90 Å². The molecule has 0 bridgehead atoms. The van der Waals surface area contributed by atoms with Crippen LogP contribution in [0.15, 0.2) is 71.4 Å². The molecule has 0 atom stereocenters. The van der Waals surface area contributed by atoms with Crippen LogP contribution in [-0.4, -0.2) is 18.5 Å². The van der Waals surface area contributed by atoms with Crippen molar-refractivity contribution in [3.05, 3.63) is 99.3 Å². The highest BCUT2D eigenvalue weighted by Crippen LogP contribution is 2.31. The number of nitrogens with zero attached hydrogens (tertiary/aromatic N) is 1. The van der Waals surface area contributed by atoms with Gasteiger partial charge in [0, 0.05) is 15.6 Å². The Bertz CT molecular complexity index is 1210. The molecule has 1 heterocycles. The van der Waals surface area contributed by atoms with Gasteiger partial charge in [0.1, 0.15) is 5.75 Å². The molecule has 4 rings (SSSR count). The molecule has 0 saturated heterocycles. The molecule has 0 radical (unpaired) electrons. The topological polar surface area (TPSA) is 47.9 Å². The third-order valence-electron chi connectivity index (χ3n) is 4.84. The fourth-order valence-corrected chi connectivity index (χ4v) is 5.78. The van der Waals surface area contributed by atoms with Crippen molar-refractivity contribution in [1.82, 2.24) is 0 Å². The van der Waals surface area contributed by atoms with Gasteiger partial charge in [0.15, 0.2) is 5.70 Å². The molecule has 4 nitrogen and oxygen atoms in total. The Labute approximate surface area is 227 Å². The highest BCUT2D eigenvalue weighted by molar-refractivity contribution is 14.1. The lowest BCUT2D eigenvalue weighted by molar-refractivity contribution is -0.129. The van der Waals surface area contributed by atoms with Crippen LogP contribution in [0.25, 0.3) is 6.08 Å². The highest BCUT2D eigenvalue weighted by Gasteiger charge is 2.24. The van der Waals surface area contributed by atoms with E-state index in [1.165, 1.54) is 11.1 Å². The van der Waals surface area contributed by atoms with Gasteiger partial charge in [-0.1, -0.05) is 36.4 Å². The van der Waals surface area contributed by atoms with E-state index >= 15 is 0 Å². The number of halogens is 3. The zero-order chi connectivity index (χ0) is 22.7. The minimum Gasteiger partial charge on any atom is -0.491 e. The maximum absolute atomic E-state index is 12.4. The molecule has 0 N–H and O–H groups in total. The summed E-state index contributed by atoms with van der Waals surface area (Å²) < 4.78 is 14.5. The van der Waals surface area contributed by atoms with Gasteiger partial charge in [-0.2, -0.15) is 0 Å². The van der Waals surface area contributed by atoms with Gasteiger partial charge in [0.25, 0.3) is 0 Å². The first-order valence-electron chi connectivity index (χ1n) is 9.85. The molecule has 0 amide bonds. The maximum atomic E-state index is 12.4. The summed E-state index contributed by atoms with van der Waals surface area (Å²) in [4.78, 5) is 16.8. The Kier molecular flexibility index (Phi) is 7.87. The van der Waals surface area contributed by atoms with Crippen LogP contribution in [0, 0.1) is 17.6 Å². The van der Waals surface area contributed by atoms with Gasteiger partial charge in [-0.05, 0) is 122 Å². The summed E-state index contributed by atoms with van der Waals surface area (Å²) in [5, 5.41) is 0. The molecule has 0 saturated carbocycles. The third kappa shape index (κ3) is 5.71. The molecule has 0 unspecified atom stereocenters. The molecule has 3 aromatic rings. The Balaban J connectivity index is 1.51. The number of aliphatic imine (C=N–C) groups is 1. The van der Waals surface area contributed by atoms with Crippen molar-refractivity contribution in [3.8, 4) is 5.75 Å². The number of ether oxygens (including phenoxy) is 2. The second-order valence-corrected chi connectivity index (χ2v) is 10.7. The Hall–Kier alpha value is -1.47. The summed E-state index contributed by atoms with van der Waals surface area (Å²) in [7, 11) is 0. The number of rotatable bonds is 6. The van der Waals surface area contributed by atoms with Crippen LogP contribution in [0.4, 0.5) is 0 Å². The summed E-state index contributed by atoms with van der Waals surface area (Å²) in [6, 6.07) is 20.1. The lowest BCUT2D eigenvalue weighted by Crippen LogP contribution is -2.06. The molecule has 162 valence electrons. The van der Waals surface area contributed by atoms with Crippen LogP contribution in [0.5, 0.6) is 5.75 Å². The van der Waals surface area contributed by atoms with E-state index in [1.54, 1.807) is 6.08 Å². The predicted molar refractivity (Wildman–Crippen MR) is 152 cm³/mol. The first kappa shape index (κ1) is 23.7. The van der Waals surface area contributed by atoms with Crippen LogP contribution in [0.1, 0.15) is 22.3 Å². The molecular formula is C25H18I3NO3. The molecule has 0 aromatic heterocycles. The average Bonchev–Trinajstić information content (AvgIpc) is 3.13. The molecule has 0 spiro atoms. The predicted octanol–water partition coefficient (Wildman–Crippen LogP) is 6.77. The standard InChI is InChI=1S/C25H18I3NO3/c1-15-7-8-18(14-19(15)26)24-29-22(25(30)32-24)13-17-11-20(27)23(21(28)12-17)31-10-9-16-5-3-2-4-6-16/h2-8,11-14H,9-10H2,1H3/b22-13-. The molecule has 32 heavy (non-hydrogen) atoms. The number of benzene rings is 3.